The number of hydrogen-bond donors (Lipinski definition) is 1. The van der Waals surface area contributed by atoms with Crippen molar-refractivity contribution in [1.29, 1.82) is 0 Å². The second-order valence-corrected chi connectivity index (χ2v) is 3.90. The summed E-state index contributed by atoms with van der Waals surface area (Å²) >= 11 is 0. The molecule has 1 aromatic rings. The summed E-state index contributed by atoms with van der Waals surface area (Å²) < 4.78 is 4.40. The highest BCUT2D eigenvalue weighted by Crippen LogP contribution is 2.14. The van der Waals surface area contributed by atoms with Crippen LogP contribution in [0.3, 0.4) is 0 Å². The summed E-state index contributed by atoms with van der Waals surface area (Å²) in [7, 11) is 1.89. The quantitative estimate of drug-likeness (QED) is 0.811. The van der Waals surface area contributed by atoms with E-state index in [0.29, 0.717) is 6.54 Å². The number of carbonyl (C=O) groups excluding carboxylic acids is 2. The molecule has 0 saturated carbocycles. The zero-order chi connectivity index (χ0) is 12.7. The Hall–Kier alpha value is -1.41. The average Bonchev–Trinajstić information content (AvgIpc) is 2.38. The van der Waals surface area contributed by atoms with Crippen LogP contribution in [-0.2, 0) is 14.1 Å². The first-order chi connectivity index (χ1) is 8.15. The molecule has 0 aromatic heterocycles. The van der Waals surface area contributed by atoms with Crippen LogP contribution in [0.1, 0.15) is 24.8 Å². The Morgan fingerprint density at radius 1 is 1.35 bits per heavy atom. The van der Waals surface area contributed by atoms with Gasteiger partial charge in [-0.15, -0.1) is 0 Å². The molecular formula is C12H16NO3P. The number of rotatable bonds is 5. The Balaban J connectivity index is 2.40. The largest absolute Gasteiger partial charge is 0.451 e. The lowest BCUT2D eigenvalue weighted by molar-refractivity contribution is -0.133. The summed E-state index contributed by atoms with van der Waals surface area (Å²) in [4.78, 5) is 22.6. The van der Waals surface area contributed by atoms with Crippen LogP contribution >= 0.6 is 9.47 Å². The van der Waals surface area contributed by atoms with E-state index in [-0.39, 0.29) is 24.2 Å². The zero-order valence-corrected chi connectivity index (χ0v) is 10.8. The predicted octanol–water partition coefficient (Wildman–Crippen LogP) is 1.63. The average molecular weight is 253 g/mol. The molecule has 1 rings (SSSR count). The first-order valence-corrected chi connectivity index (χ1v) is 5.84. The molecule has 92 valence electrons. The molecule has 0 aliphatic heterocycles. The number of nitrogens with one attached hydrogen (secondary N) is 1. The zero-order valence-electron chi connectivity index (χ0n) is 9.68. The van der Waals surface area contributed by atoms with Crippen molar-refractivity contribution >= 4 is 21.3 Å². The maximum Gasteiger partial charge on any atom is 0.309 e. The van der Waals surface area contributed by atoms with E-state index in [1.165, 1.54) is 0 Å². The fraction of sp³-hybridized carbons (Fsp3) is 0.333. The van der Waals surface area contributed by atoms with Crippen molar-refractivity contribution < 1.29 is 14.1 Å². The van der Waals surface area contributed by atoms with Crippen molar-refractivity contribution in [3.05, 3.63) is 35.9 Å². The summed E-state index contributed by atoms with van der Waals surface area (Å²) in [6.45, 7) is 2.13. The third kappa shape index (κ3) is 4.53. The molecule has 0 fully saturated rings. The number of amides is 1. The van der Waals surface area contributed by atoms with Gasteiger partial charge in [-0.1, -0.05) is 30.3 Å². The molecule has 1 aromatic carbocycles. The van der Waals surface area contributed by atoms with Crippen LogP contribution in [0.25, 0.3) is 0 Å². The first kappa shape index (κ1) is 13.7. The molecule has 0 radical (unpaired) electrons. The Kier molecular flexibility index (Phi) is 5.64. The molecule has 2 unspecified atom stereocenters. The van der Waals surface area contributed by atoms with Crippen LogP contribution in [0.2, 0.25) is 0 Å². The van der Waals surface area contributed by atoms with Crippen LogP contribution in [0.5, 0.6) is 0 Å². The van der Waals surface area contributed by atoms with E-state index in [9.17, 15) is 9.59 Å². The molecule has 5 heteroatoms. The Morgan fingerprint density at radius 2 is 2.00 bits per heavy atom. The van der Waals surface area contributed by atoms with Gasteiger partial charge in [0.25, 0.3) is 0 Å². The molecule has 17 heavy (non-hydrogen) atoms. The third-order valence-corrected chi connectivity index (χ3v) is 2.72. The van der Waals surface area contributed by atoms with Crippen molar-refractivity contribution in [2.75, 3.05) is 6.54 Å². The molecule has 1 amide bonds. The number of carbonyl (C=O) groups is 2. The van der Waals surface area contributed by atoms with Gasteiger partial charge in [0.1, 0.15) is 0 Å². The summed E-state index contributed by atoms with van der Waals surface area (Å²) in [5, 5.41) is 2.70. The molecule has 0 spiro atoms. The van der Waals surface area contributed by atoms with E-state index in [2.05, 4.69) is 9.84 Å². The van der Waals surface area contributed by atoms with Gasteiger partial charge >= 0.3 is 5.97 Å². The van der Waals surface area contributed by atoms with Gasteiger partial charge in [-0.05, 0) is 12.5 Å². The van der Waals surface area contributed by atoms with Gasteiger partial charge in [0.15, 0.2) is 0 Å². The molecule has 1 N–H and O–H groups in total. The molecule has 4 nitrogen and oxygen atoms in total. The second kappa shape index (κ2) is 7.02. The van der Waals surface area contributed by atoms with Crippen molar-refractivity contribution in [2.24, 2.45) is 0 Å². The maximum atomic E-state index is 11.7. The van der Waals surface area contributed by atoms with Crippen LogP contribution in [0.15, 0.2) is 30.3 Å². The van der Waals surface area contributed by atoms with Gasteiger partial charge in [0.05, 0.1) is 21.8 Å². The molecule has 2 atom stereocenters. The highest BCUT2D eigenvalue weighted by molar-refractivity contribution is 7.10. The standard InChI is InChI=1S/C12H16NO3P/c1-9(10-5-3-2-4-6-10)12(15)13-8-7-11(14)16-17/h2-6,9H,7-8,17H2,1H3,(H,13,15). The van der Waals surface area contributed by atoms with Gasteiger partial charge in [-0.3, -0.25) is 9.59 Å². The Bertz CT molecular complexity index is 381. The summed E-state index contributed by atoms with van der Waals surface area (Å²) in [6.07, 6.45) is 0.177. The Labute approximate surface area is 103 Å². The number of benzene rings is 1. The summed E-state index contributed by atoms with van der Waals surface area (Å²) in [5.41, 5.74) is 0.957. The van der Waals surface area contributed by atoms with E-state index in [4.69, 9.17) is 0 Å². The molecule has 0 aliphatic carbocycles. The molecule has 0 heterocycles. The lowest BCUT2D eigenvalue weighted by atomic mass is 10.0. The normalized spacial score (nSPS) is 11.6. The van der Waals surface area contributed by atoms with Gasteiger partial charge in [-0.25, -0.2) is 0 Å². The predicted molar refractivity (Wildman–Crippen MR) is 68.3 cm³/mol. The molecular weight excluding hydrogens is 237 g/mol. The van der Waals surface area contributed by atoms with Crippen LogP contribution in [0.4, 0.5) is 0 Å². The third-order valence-electron chi connectivity index (χ3n) is 2.45. The fourth-order valence-electron chi connectivity index (χ4n) is 1.39. The smallest absolute Gasteiger partial charge is 0.309 e. The lowest BCUT2D eigenvalue weighted by Gasteiger charge is -2.11. The van der Waals surface area contributed by atoms with Gasteiger partial charge < -0.3 is 9.84 Å². The molecule has 0 bridgehead atoms. The minimum atomic E-state index is -0.359. The van der Waals surface area contributed by atoms with Crippen molar-refractivity contribution in [2.45, 2.75) is 19.3 Å². The van der Waals surface area contributed by atoms with Gasteiger partial charge in [-0.2, -0.15) is 0 Å². The number of hydrogen-bond acceptors (Lipinski definition) is 3. The van der Waals surface area contributed by atoms with Gasteiger partial charge in [0.2, 0.25) is 5.91 Å². The van der Waals surface area contributed by atoms with E-state index >= 15 is 0 Å². The van der Waals surface area contributed by atoms with Gasteiger partial charge in [0, 0.05) is 6.54 Å². The lowest BCUT2D eigenvalue weighted by Crippen LogP contribution is -2.30. The molecule has 0 saturated heterocycles. The second-order valence-electron chi connectivity index (χ2n) is 3.66. The first-order valence-electron chi connectivity index (χ1n) is 5.37. The maximum absolute atomic E-state index is 11.7. The van der Waals surface area contributed by atoms with Crippen LogP contribution < -0.4 is 5.32 Å². The van der Waals surface area contributed by atoms with Crippen molar-refractivity contribution in [3.8, 4) is 0 Å². The van der Waals surface area contributed by atoms with Crippen LogP contribution in [-0.4, -0.2) is 18.4 Å². The van der Waals surface area contributed by atoms with E-state index in [0.717, 1.165) is 5.56 Å². The summed E-state index contributed by atoms with van der Waals surface area (Å²) in [6, 6.07) is 9.50. The fourth-order valence-corrected chi connectivity index (χ4v) is 1.51. The van der Waals surface area contributed by atoms with E-state index in [1.54, 1.807) is 0 Å². The Morgan fingerprint density at radius 3 is 2.59 bits per heavy atom. The monoisotopic (exact) mass is 253 g/mol. The SMILES string of the molecule is CC(C(=O)NCCC(=O)OP)c1ccccc1. The van der Waals surface area contributed by atoms with E-state index in [1.807, 2.05) is 46.7 Å². The van der Waals surface area contributed by atoms with Crippen molar-refractivity contribution in [1.82, 2.24) is 5.32 Å². The minimum Gasteiger partial charge on any atom is -0.451 e. The highest BCUT2D eigenvalue weighted by Gasteiger charge is 2.14. The highest BCUT2D eigenvalue weighted by atomic mass is 31.0. The van der Waals surface area contributed by atoms with Crippen molar-refractivity contribution in [3.63, 3.8) is 0 Å². The molecule has 0 aliphatic rings. The summed E-state index contributed by atoms with van der Waals surface area (Å²) in [5.74, 6) is -0.668. The van der Waals surface area contributed by atoms with Crippen LogP contribution in [0, 0.1) is 0 Å². The topological polar surface area (TPSA) is 55.4 Å². The van der Waals surface area contributed by atoms with E-state index < -0.39 is 0 Å². The minimum absolute atomic E-state index is 0.0900.